The molecule has 64 valence electrons. The van der Waals surface area contributed by atoms with Crippen LogP contribution in [0.15, 0.2) is 0 Å². The van der Waals surface area contributed by atoms with E-state index in [-0.39, 0.29) is 98.3 Å². The largest absolute Gasteiger partial charge is 3.00 e. The van der Waals surface area contributed by atoms with E-state index < -0.39 is 15.6 Å². The average molecular weight is 280 g/mol. The summed E-state index contributed by atoms with van der Waals surface area (Å²) in [5.74, 6) is 0. The standard InChI is InChI=1S/Al.K.Na.2H3O4P/c;;;2*1-5(2,3)4/h;;;2*(H3,1,2,3,4)/q+3;2*+1;;/p-5. The van der Waals surface area contributed by atoms with Gasteiger partial charge in [-0.25, -0.2) is 0 Å². The molecule has 0 heterocycles. The van der Waals surface area contributed by atoms with Crippen molar-refractivity contribution >= 4 is 33.0 Å². The average Bonchev–Trinajstić information content (AvgIpc) is 1.12. The van der Waals surface area contributed by atoms with Crippen LogP contribution in [0.2, 0.25) is 0 Å². The van der Waals surface area contributed by atoms with E-state index in [1.54, 1.807) is 0 Å². The maximum absolute atomic E-state index is 8.66. The van der Waals surface area contributed by atoms with Crippen molar-refractivity contribution in [1.82, 2.24) is 0 Å². The van der Waals surface area contributed by atoms with Gasteiger partial charge in [-0.2, -0.15) is 7.82 Å². The number of phosphoric acid groups is 2. The molecule has 0 aromatic heterocycles. The third kappa shape index (κ3) is 240. The molecular weight excluding hydrogens is 279 g/mol. The topological polar surface area (TPSA) is 170 Å². The van der Waals surface area contributed by atoms with Gasteiger partial charge >= 0.3 is 98.3 Å². The van der Waals surface area contributed by atoms with Crippen molar-refractivity contribution in [1.29, 1.82) is 0 Å². The van der Waals surface area contributed by atoms with Gasteiger partial charge in [-0.1, -0.05) is 0 Å². The maximum atomic E-state index is 8.66. The molecule has 0 bridgehead atoms. The van der Waals surface area contributed by atoms with Crippen LogP contribution in [0.4, 0.5) is 0 Å². The van der Waals surface area contributed by atoms with Crippen LogP contribution >= 0.6 is 15.6 Å². The van der Waals surface area contributed by atoms with Crippen molar-refractivity contribution in [2.24, 2.45) is 0 Å². The number of rotatable bonds is 0. The molecule has 0 saturated heterocycles. The molecule has 0 aliphatic heterocycles. The van der Waals surface area contributed by atoms with Gasteiger partial charge in [-0.05, 0) is 0 Å². The van der Waals surface area contributed by atoms with Gasteiger partial charge in [0.25, 0.3) is 0 Å². The molecule has 0 spiro atoms. The first-order valence-electron chi connectivity index (χ1n) is 1.48. The van der Waals surface area contributed by atoms with Crippen molar-refractivity contribution < 1.29 is 119 Å². The molecule has 0 fully saturated rings. The predicted octanol–water partition coefficient (Wildman–Crippen LogP) is -11.4. The van der Waals surface area contributed by atoms with Crippen LogP contribution in [0.1, 0.15) is 0 Å². The van der Waals surface area contributed by atoms with Gasteiger partial charge in [0.2, 0.25) is 0 Å². The molecule has 0 saturated carbocycles. The van der Waals surface area contributed by atoms with E-state index in [1.165, 1.54) is 0 Å². The molecule has 0 rings (SSSR count). The monoisotopic (exact) mass is 280 g/mol. The van der Waals surface area contributed by atoms with Crippen LogP contribution in [0, 0.1) is 0 Å². The third-order valence-corrected chi connectivity index (χ3v) is 0. The molecule has 0 aromatic rings. The molecular formula is HAlKNaO8P2. The Balaban J connectivity index is -0.0000000267. The predicted molar refractivity (Wildman–Crippen MR) is 23.2 cm³/mol. The van der Waals surface area contributed by atoms with Gasteiger partial charge < -0.3 is 38.5 Å². The summed E-state index contributed by atoms with van der Waals surface area (Å²) >= 11 is 0. The molecule has 0 amide bonds. The van der Waals surface area contributed by atoms with Crippen LogP contribution in [0.3, 0.4) is 0 Å². The van der Waals surface area contributed by atoms with Crippen molar-refractivity contribution in [3.63, 3.8) is 0 Å². The van der Waals surface area contributed by atoms with Crippen LogP contribution < -0.4 is 105 Å². The Hall–Kier alpha value is 3.39. The Morgan fingerprint density at radius 3 is 0.923 bits per heavy atom. The van der Waals surface area contributed by atoms with Crippen LogP contribution in [0.5, 0.6) is 0 Å². The van der Waals surface area contributed by atoms with Crippen molar-refractivity contribution in [2.45, 2.75) is 0 Å². The molecule has 0 aromatic carbocycles. The summed E-state index contributed by atoms with van der Waals surface area (Å²) in [7, 11) is -10.5. The van der Waals surface area contributed by atoms with Crippen molar-refractivity contribution in [3.05, 3.63) is 0 Å². The van der Waals surface area contributed by atoms with Crippen LogP contribution in [-0.2, 0) is 9.13 Å². The SMILES string of the molecule is O=P([O-])([O-])O.O=P([O-])([O-])[O-].[Al+3].[K+].[Na+]. The van der Waals surface area contributed by atoms with Crippen molar-refractivity contribution in [3.8, 4) is 0 Å². The molecule has 0 aliphatic carbocycles. The second-order valence-corrected chi connectivity index (χ2v) is 2.75. The molecule has 13 heavy (non-hydrogen) atoms. The van der Waals surface area contributed by atoms with Gasteiger partial charge in [0.05, 0.1) is 7.82 Å². The van der Waals surface area contributed by atoms with Crippen LogP contribution in [0.25, 0.3) is 0 Å². The van der Waals surface area contributed by atoms with Gasteiger partial charge in [0.15, 0.2) is 0 Å². The Morgan fingerprint density at radius 1 is 0.923 bits per heavy atom. The van der Waals surface area contributed by atoms with E-state index in [9.17, 15) is 0 Å². The van der Waals surface area contributed by atoms with E-state index in [0.717, 1.165) is 0 Å². The summed E-state index contributed by atoms with van der Waals surface area (Å²) in [5, 5.41) is 0. The molecule has 0 radical (unpaired) electrons. The summed E-state index contributed by atoms with van der Waals surface area (Å²) < 4.78 is 17.2. The normalized spacial score (nSPS) is 9.08. The third-order valence-electron chi connectivity index (χ3n) is 0. The molecule has 13 heteroatoms. The van der Waals surface area contributed by atoms with Gasteiger partial charge in [-0.15, -0.1) is 0 Å². The summed E-state index contributed by atoms with van der Waals surface area (Å²) in [6.07, 6.45) is 0. The minimum atomic E-state index is -5.39. The first-order valence-corrected chi connectivity index (χ1v) is 4.43. The maximum Gasteiger partial charge on any atom is 3.00 e. The van der Waals surface area contributed by atoms with E-state index in [1.807, 2.05) is 0 Å². The minimum Gasteiger partial charge on any atom is -0.822 e. The van der Waals surface area contributed by atoms with E-state index >= 15 is 0 Å². The Morgan fingerprint density at radius 2 is 0.923 bits per heavy atom. The summed E-state index contributed by atoms with van der Waals surface area (Å²) in [6.45, 7) is 0. The Bertz CT molecular complexity index is 134. The zero-order chi connectivity index (χ0) is 9.00. The van der Waals surface area contributed by atoms with Crippen molar-refractivity contribution in [2.75, 3.05) is 0 Å². The minimum absolute atomic E-state index is 0. The molecule has 0 aliphatic rings. The molecule has 1 N–H and O–H groups in total. The first kappa shape index (κ1) is 29.9. The number of hydrogen-bond donors (Lipinski definition) is 1. The molecule has 8 nitrogen and oxygen atoms in total. The smallest absolute Gasteiger partial charge is 0.822 e. The fourth-order valence-corrected chi connectivity index (χ4v) is 0. The first-order chi connectivity index (χ1) is 4.00. The Labute approximate surface area is 149 Å². The quantitative estimate of drug-likeness (QED) is 0.336. The van der Waals surface area contributed by atoms with Gasteiger partial charge in [-0.3, -0.25) is 0 Å². The second-order valence-electron chi connectivity index (χ2n) is 0.916. The zero-order valence-corrected chi connectivity index (χ0v) is 14.8. The fourth-order valence-electron chi connectivity index (χ4n) is 0. The molecule has 0 atom stereocenters. The van der Waals surface area contributed by atoms with Gasteiger partial charge in [0, 0.05) is 0 Å². The van der Waals surface area contributed by atoms with E-state index in [0.29, 0.717) is 0 Å². The van der Waals surface area contributed by atoms with Crippen LogP contribution in [-0.4, -0.2) is 22.3 Å². The summed E-state index contributed by atoms with van der Waals surface area (Å²) in [4.78, 5) is 49.9. The summed E-state index contributed by atoms with van der Waals surface area (Å²) in [5.41, 5.74) is 0. The van der Waals surface area contributed by atoms with E-state index in [2.05, 4.69) is 0 Å². The fraction of sp³-hybridized carbons (Fsp3) is 0. The molecule has 0 unspecified atom stereocenters. The van der Waals surface area contributed by atoms with Gasteiger partial charge in [0.1, 0.15) is 0 Å². The Kier molecular flexibility index (Phi) is 31.0. The zero-order valence-electron chi connectivity index (χ0n) is 6.78. The van der Waals surface area contributed by atoms with E-state index in [4.69, 9.17) is 38.5 Å². The summed E-state index contributed by atoms with van der Waals surface area (Å²) in [6, 6.07) is 0. The number of hydrogen-bond acceptors (Lipinski definition) is 7. The second kappa shape index (κ2) is 13.5.